The van der Waals surface area contributed by atoms with Crippen LogP contribution in [0.2, 0.25) is 0 Å². The molecule has 114 valence electrons. The van der Waals surface area contributed by atoms with E-state index in [4.69, 9.17) is 0 Å². The second kappa shape index (κ2) is 10.7. The fourth-order valence-corrected chi connectivity index (χ4v) is 2.30. The average Bonchev–Trinajstić information content (AvgIpc) is 2.53. The van der Waals surface area contributed by atoms with Gasteiger partial charge in [-0.2, -0.15) is 0 Å². The van der Waals surface area contributed by atoms with Crippen molar-refractivity contribution in [3.8, 4) is 0 Å². The number of rotatable bonds is 7. The lowest BCUT2D eigenvalue weighted by molar-refractivity contribution is -0.120. The molecule has 0 aromatic heterocycles. The molecule has 0 heterocycles. The number of aryl methyl sites for hydroxylation is 1. The lowest BCUT2D eigenvalue weighted by Crippen LogP contribution is -2.15. The highest BCUT2D eigenvalue weighted by molar-refractivity contribution is 5.85. The number of hydrogen-bond acceptors (Lipinski definition) is 1. The van der Waals surface area contributed by atoms with Crippen molar-refractivity contribution in [2.45, 2.75) is 73.1 Å². The van der Waals surface area contributed by atoms with Crippen LogP contribution in [0.1, 0.15) is 77.8 Å². The van der Waals surface area contributed by atoms with Crippen molar-refractivity contribution in [2.24, 2.45) is 5.92 Å². The van der Waals surface area contributed by atoms with Crippen LogP contribution in [-0.4, -0.2) is 5.78 Å². The van der Waals surface area contributed by atoms with Gasteiger partial charge >= 0.3 is 0 Å². The Morgan fingerprint density at radius 1 is 1.15 bits per heavy atom. The molecule has 1 heteroatoms. The minimum Gasteiger partial charge on any atom is -0.299 e. The molecular formula is C19H32O. The van der Waals surface area contributed by atoms with E-state index in [1.807, 2.05) is 20.8 Å². The van der Waals surface area contributed by atoms with E-state index in [1.165, 1.54) is 11.1 Å². The molecule has 0 saturated carbocycles. The minimum atomic E-state index is 0.0939. The summed E-state index contributed by atoms with van der Waals surface area (Å²) in [6.07, 6.45) is 3.79. The summed E-state index contributed by atoms with van der Waals surface area (Å²) in [5.41, 5.74) is 2.53. The second-order valence-corrected chi connectivity index (χ2v) is 5.22. The van der Waals surface area contributed by atoms with E-state index in [1.54, 1.807) is 0 Å². The van der Waals surface area contributed by atoms with E-state index in [0.717, 1.165) is 19.3 Å². The van der Waals surface area contributed by atoms with E-state index in [2.05, 4.69) is 45.0 Å². The number of benzene rings is 1. The summed E-state index contributed by atoms with van der Waals surface area (Å²) in [4.78, 5) is 12.2. The van der Waals surface area contributed by atoms with E-state index >= 15 is 0 Å². The first kappa shape index (κ1) is 18.9. The van der Waals surface area contributed by atoms with Crippen LogP contribution in [-0.2, 0) is 11.2 Å². The lowest BCUT2D eigenvalue weighted by atomic mass is 9.84. The van der Waals surface area contributed by atoms with Crippen molar-refractivity contribution in [3.63, 3.8) is 0 Å². The molecule has 0 N–H and O–H groups in total. The number of carbonyl (C=O) groups is 1. The second-order valence-electron chi connectivity index (χ2n) is 5.22. The zero-order valence-electron chi connectivity index (χ0n) is 14.2. The number of hydrogen-bond donors (Lipinski definition) is 0. The van der Waals surface area contributed by atoms with Crippen molar-refractivity contribution >= 4 is 5.78 Å². The first-order chi connectivity index (χ1) is 9.62. The molecule has 0 fully saturated rings. The Labute approximate surface area is 125 Å². The molecular weight excluding hydrogens is 244 g/mol. The molecule has 20 heavy (non-hydrogen) atoms. The van der Waals surface area contributed by atoms with Crippen molar-refractivity contribution < 1.29 is 4.79 Å². The van der Waals surface area contributed by atoms with Crippen LogP contribution >= 0.6 is 0 Å². The van der Waals surface area contributed by atoms with Gasteiger partial charge in [-0.05, 0) is 29.9 Å². The van der Waals surface area contributed by atoms with E-state index in [-0.39, 0.29) is 5.92 Å². The van der Waals surface area contributed by atoms with Gasteiger partial charge in [-0.15, -0.1) is 0 Å². The summed E-state index contributed by atoms with van der Waals surface area (Å²) in [5, 5.41) is 0. The Hall–Kier alpha value is -1.11. The monoisotopic (exact) mass is 276 g/mol. The Morgan fingerprint density at radius 3 is 2.30 bits per heavy atom. The first-order valence-corrected chi connectivity index (χ1v) is 8.23. The van der Waals surface area contributed by atoms with Crippen LogP contribution in [0.15, 0.2) is 24.3 Å². The maximum absolute atomic E-state index is 12.2. The quantitative estimate of drug-likeness (QED) is 0.617. The summed E-state index contributed by atoms with van der Waals surface area (Å²) in [6.45, 7) is 12.6. The summed E-state index contributed by atoms with van der Waals surface area (Å²) >= 11 is 0. The normalized spacial score (nSPS) is 13.1. The highest BCUT2D eigenvalue weighted by atomic mass is 16.1. The van der Waals surface area contributed by atoms with Crippen LogP contribution in [0.3, 0.4) is 0 Å². The van der Waals surface area contributed by atoms with Crippen LogP contribution in [0.25, 0.3) is 0 Å². The Morgan fingerprint density at radius 2 is 1.80 bits per heavy atom. The maximum Gasteiger partial charge on any atom is 0.140 e. The molecule has 0 bridgehead atoms. The Bertz CT molecular complexity index is 381. The van der Waals surface area contributed by atoms with Crippen molar-refractivity contribution in [2.75, 3.05) is 0 Å². The summed E-state index contributed by atoms with van der Waals surface area (Å²) < 4.78 is 0. The molecule has 1 aromatic rings. The molecule has 0 saturated heterocycles. The van der Waals surface area contributed by atoms with Gasteiger partial charge < -0.3 is 0 Å². The van der Waals surface area contributed by atoms with E-state index in [0.29, 0.717) is 18.1 Å². The van der Waals surface area contributed by atoms with Crippen molar-refractivity contribution in [1.29, 1.82) is 0 Å². The van der Waals surface area contributed by atoms with Crippen molar-refractivity contribution in [1.82, 2.24) is 0 Å². The molecule has 0 spiro atoms. The van der Waals surface area contributed by atoms with E-state index in [9.17, 15) is 4.79 Å². The first-order valence-electron chi connectivity index (χ1n) is 8.23. The molecule has 0 radical (unpaired) electrons. The Kier molecular flexibility index (Phi) is 10.1. The molecule has 0 amide bonds. The summed E-state index contributed by atoms with van der Waals surface area (Å²) in [5.74, 6) is 1.08. The zero-order valence-corrected chi connectivity index (χ0v) is 14.2. The SMILES string of the molecule is CC.CCC(=O)C(CC(C)CC)c1cccc(CC)c1. The standard InChI is InChI=1S/C17H26O.C2H6/c1-5-13(4)11-16(17(18)7-3)15-10-8-9-14(6-2)12-15;1-2/h8-10,12-13,16H,5-7,11H2,1-4H3;1-2H3. The molecule has 1 rings (SSSR count). The predicted octanol–water partition coefficient (Wildman–Crippen LogP) is 5.77. The summed E-state index contributed by atoms with van der Waals surface area (Å²) in [6, 6.07) is 8.54. The van der Waals surface area contributed by atoms with Gasteiger partial charge in [-0.25, -0.2) is 0 Å². The predicted molar refractivity (Wildman–Crippen MR) is 89.3 cm³/mol. The van der Waals surface area contributed by atoms with Gasteiger partial charge in [0.05, 0.1) is 0 Å². The van der Waals surface area contributed by atoms with Crippen LogP contribution in [0, 0.1) is 5.92 Å². The molecule has 1 nitrogen and oxygen atoms in total. The van der Waals surface area contributed by atoms with Gasteiger partial charge in [0.2, 0.25) is 0 Å². The largest absolute Gasteiger partial charge is 0.299 e. The molecule has 1 aromatic carbocycles. The van der Waals surface area contributed by atoms with E-state index < -0.39 is 0 Å². The Balaban J connectivity index is 0.00000172. The third kappa shape index (κ3) is 5.90. The fourth-order valence-electron chi connectivity index (χ4n) is 2.30. The van der Waals surface area contributed by atoms with Crippen LogP contribution in [0.4, 0.5) is 0 Å². The molecule has 2 unspecified atom stereocenters. The van der Waals surface area contributed by atoms with Gasteiger partial charge in [-0.3, -0.25) is 4.79 Å². The topological polar surface area (TPSA) is 17.1 Å². The highest BCUT2D eigenvalue weighted by Gasteiger charge is 2.21. The third-order valence-corrected chi connectivity index (χ3v) is 3.83. The van der Waals surface area contributed by atoms with Crippen molar-refractivity contribution in [3.05, 3.63) is 35.4 Å². The lowest BCUT2D eigenvalue weighted by Gasteiger charge is -2.20. The average molecular weight is 276 g/mol. The number of carbonyl (C=O) groups excluding carboxylic acids is 1. The van der Waals surface area contributed by atoms with Gasteiger partial charge in [0, 0.05) is 12.3 Å². The third-order valence-electron chi connectivity index (χ3n) is 3.83. The minimum absolute atomic E-state index is 0.0939. The van der Waals surface area contributed by atoms with Gasteiger partial charge in [0.1, 0.15) is 5.78 Å². The highest BCUT2D eigenvalue weighted by Crippen LogP contribution is 2.28. The smallest absolute Gasteiger partial charge is 0.140 e. The zero-order chi connectivity index (χ0) is 15.5. The van der Waals surface area contributed by atoms with Gasteiger partial charge in [-0.1, -0.05) is 72.2 Å². The molecule has 0 aliphatic carbocycles. The molecule has 2 atom stereocenters. The van der Waals surface area contributed by atoms with Crippen LogP contribution < -0.4 is 0 Å². The molecule has 0 aliphatic heterocycles. The van der Waals surface area contributed by atoms with Crippen LogP contribution in [0.5, 0.6) is 0 Å². The summed E-state index contributed by atoms with van der Waals surface area (Å²) in [7, 11) is 0. The fraction of sp³-hybridized carbons (Fsp3) is 0.632. The maximum atomic E-state index is 12.2. The molecule has 0 aliphatic rings. The number of Topliss-reactive ketones (excluding diaryl/α,β-unsaturated/α-hetero) is 1. The number of ketones is 1. The van der Waals surface area contributed by atoms with Gasteiger partial charge in [0.25, 0.3) is 0 Å². The van der Waals surface area contributed by atoms with Gasteiger partial charge in [0.15, 0.2) is 0 Å².